The number of rotatable bonds is 3. The molecule has 82 valence electrons. The highest BCUT2D eigenvalue weighted by molar-refractivity contribution is 4.89. The first-order valence-electron chi connectivity index (χ1n) is 6.16. The molecule has 2 aliphatic rings. The van der Waals surface area contributed by atoms with Gasteiger partial charge in [-0.1, -0.05) is 13.3 Å². The van der Waals surface area contributed by atoms with E-state index in [0.29, 0.717) is 12.5 Å². The molecule has 0 aromatic heterocycles. The quantitative estimate of drug-likeness (QED) is 0.721. The van der Waals surface area contributed by atoms with Crippen molar-refractivity contribution in [3.8, 4) is 0 Å². The Morgan fingerprint density at radius 1 is 1.29 bits per heavy atom. The van der Waals surface area contributed by atoms with E-state index in [4.69, 9.17) is 0 Å². The fourth-order valence-electron chi connectivity index (χ4n) is 3.38. The number of fused-ring (bicyclic) bond motifs is 1. The molecular formula is C12H23NO. The van der Waals surface area contributed by atoms with Crippen LogP contribution in [0.2, 0.25) is 0 Å². The molecule has 4 atom stereocenters. The third-order valence-corrected chi connectivity index (χ3v) is 4.42. The SMILES string of the molecule is CCC(CO)C1CC[C@H]2CNC[C@H]2C1. The topological polar surface area (TPSA) is 32.3 Å². The largest absolute Gasteiger partial charge is 0.396 e. The molecule has 0 bridgehead atoms. The molecule has 0 radical (unpaired) electrons. The molecule has 0 amide bonds. The van der Waals surface area contributed by atoms with E-state index in [9.17, 15) is 5.11 Å². The predicted molar refractivity (Wildman–Crippen MR) is 58.1 cm³/mol. The summed E-state index contributed by atoms with van der Waals surface area (Å²) in [6, 6.07) is 0. The highest BCUT2D eigenvalue weighted by atomic mass is 16.3. The molecular weight excluding hydrogens is 174 g/mol. The van der Waals surface area contributed by atoms with Crippen molar-refractivity contribution in [2.45, 2.75) is 32.6 Å². The fraction of sp³-hybridized carbons (Fsp3) is 1.00. The van der Waals surface area contributed by atoms with Crippen molar-refractivity contribution in [1.29, 1.82) is 0 Å². The van der Waals surface area contributed by atoms with Crippen molar-refractivity contribution in [1.82, 2.24) is 5.32 Å². The predicted octanol–water partition coefficient (Wildman–Crippen LogP) is 1.64. The van der Waals surface area contributed by atoms with Gasteiger partial charge in [-0.3, -0.25) is 0 Å². The molecule has 2 fully saturated rings. The lowest BCUT2D eigenvalue weighted by Crippen LogP contribution is -2.29. The van der Waals surface area contributed by atoms with Crippen LogP contribution in [0.5, 0.6) is 0 Å². The minimum absolute atomic E-state index is 0.395. The molecule has 1 saturated carbocycles. The molecule has 0 aromatic carbocycles. The zero-order chi connectivity index (χ0) is 9.97. The second-order valence-electron chi connectivity index (χ2n) is 5.10. The molecule has 1 aliphatic heterocycles. The van der Waals surface area contributed by atoms with E-state index in [0.717, 1.165) is 24.2 Å². The third-order valence-electron chi connectivity index (χ3n) is 4.42. The van der Waals surface area contributed by atoms with Gasteiger partial charge in [0.2, 0.25) is 0 Å². The fourth-order valence-corrected chi connectivity index (χ4v) is 3.38. The van der Waals surface area contributed by atoms with Crippen molar-refractivity contribution >= 4 is 0 Å². The van der Waals surface area contributed by atoms with Crippen LogP contribution in [0.15, 0.2) is 0 Å². The number of aliphatic hydroxyl groups excluding tert-OH is 1. The van der Waals surface area contributed by atoms with E-state index in [-0.39, 0.29) is 0 Å². The standard InChI is InChI=1S/C12H23NO/c1-2-9(8-14)10-3-4-11-6-13-7-12(11)5-10/h9-14H,2-8H2,1H3/t9?,10?,11-,12+/m0/s1. The van der Waals surface area contributed by atoms with Gasteiger partial charge in [0, 0.05) is 6.61 Å². The van der Waals surface area contributed by atoms with Gasteiger partial charge >= 0.3 is 0 Å². The molecule has 2 rings (SSSR count). The van der Waals surface area contributed by atoms with Gasteiger partial charge in [-0.05, 0) is 56.0 Å². The number of aliphatic hydroxyl groups is 1. The molecule has 1 saturated heterocycles. The summed E-state index contributed by atoms with van der Waals surface area (Å²) in [6.07, 6.45) is 5.24. The van der Waals surface area contributed by atoms with Crippen molar-refractivity contribution in [2.24, 2.45) is 23.7 Å². The molecule has 1 heterocycles. The Hall–Kier alpha value is -0.0800. The molecule has 2 N–H and O–H groups in total. The minimum Gasteiger partial charge on any atom is -0.396 e. The van der Waals surface area contributed by atoms with Crippen LogP contribution in [-0.4, -0.2) is 24.8 Å². The first kappa shape index (κ1) is 10.4. The zero-order valence-corrected chi connectivity index (χ0v) is 9.21. The molecule has 0 aromatic rings. The molecule has 1 aliphatic carbocycles. The summed E-state index contributed by atoms with van der Waals surface area (Å²) in [5.41, 5.74) is 0. The molecule has 14 heavy (non-hydrogen) atoms. The van der Waals surface area contributed by atoms with E-state index in [1.54, 1.807) is 0 Å². The Labute approximate surface area is 87.1 Å². The van der Waals surface area contributed by atoms with Crippen LogP contribution in [-0.2, 0) is 0 Å². The van der Waals surface area contributed by atoms with Gasteiger partial charge in [0.25, 0.3) is 0 Å². The second-order valence-corrected chi connectivity index (χ2v) is 5.10. The Balaban J connectivity index is 1.90. The summed E-state index contributed by atoms with van der Waals surface area (Å²) in [7, 11) is 0. The molecule has 2 heteroatoms. The number of hydrogen-bond donors (Lipinski definition) is 2. The van der Waals surface area contributed by atoms with Gasteiger partial charge in [0.15, 0.2) is 0 Å². The van der Waals surface area contributed by atoms with E-state index in [1.807, 2.05) is 0 Å². The first-order chi connectivity index (χ1) is 6.85. The van der Waals surface area contributed by atoms with Crippen LogP contribution in [0.1, 0.15) is 32.6 Å². The summed E-state index contributed by atoms with van der Waals surface area (Å²) in [5, 5.41) is 12.8. The van der Waals surface area contributed by atoms with Crippen LogP contribution in [0.3, 0.4) is 0 Å². The summed E-state index contributed by atoms with van der Waals surface area (Å²) < 4.78 is 0. The maximum atomic E-state index is 9.30. The van der Waals surface area contributed by atoms with Crippen LogP contribution in [0.25, 0.3) is 0 Å². The zero-order valence-electron chi connectivity index (χ0n) is 9.21. The van der Waals surface area contributed by atoms with Crippen molar-refractivity contribution in [3.63, 3.8) is 0 Å². The maximum Gasteiger partial charge on any atom is 0.0461 e. The van der Waals surface area contributed by atoms with Crippen molar-refractivity contribution in [2.75, 3.05) is 19.7 Å². The number of nitrogens with one attached hydrogen (secondary N) is 1. The Morgan fingerprint density at radius 3 is 2.79 bits per heavy atom. The van der Waals surface area contributed by atoms with E-state index < -0.39 is 0 Å². The van der Waals surface area contributed by atoms with Gasteiger partial charge in [0.05, 0.1) is 0 Å². The highest BCUT2D eigenvalue weighted by Crippen LogP contribution is 2.39. The van der Waals surface area contributed by atoms with Gasteiger partial charge in [-0.15, -0.1) is 0 Å². The summed E-state index contributed by atoms with van der Waals surface area (Å²) in [5.74, 6) is 3.22. The Bertz CT molecular complexity index is 179. The lowest BCUT2D eigenvalue weighted by molar-refractivity contribution is 0.110. The smallest absolute Gasteiger partial charge is 0.0461 e. The molecule has 2 unspecified atom stereocenters. The van der Waals surface area contributed by atoms with E-state index in [2.05, 4.69) is 12.2 Å². The average molecular weight is 197 g/mol. The van der Waals surface area contributed by atoms with Gasteiger partial charge in [-0.25, -0.2) is 0 Å². The van der Waals surface area contributed by atoms with Gasteiger partial charge < -0.3 is 10.4 Å². The molecule has 0 spiro atoms. The second kappa shape index (κ2) is 4.63. The first-order valence-corrected chi connectivity index (χ1v) is 6.16. The average Bonchev–Trinajstić information content (AvgIpc) is 2.66. The minimum atomic E-state index is 0.395. The van der Waals surface area contributed by atoms with Crippen molar-refractivity contribution < 1.29 is 5.11 Å². The summed E-state index contributed by atoms with van der Waals surface area (Å²) >= 11 is 0. The third kappa shape index (κ3) is 1.96. The summed E-state index contributed by atoms with van der Waals surface area (Å²) in [6.45, 7) is 5.07. The van der Waals surface area contributed by atoms with Gasteiger partial charge in [0.1, 0.15) is 0 Å². The Kier molecular flexibility index (Phi) is 3.45. The lowest BCUT2D eigenvalue weighted by Gasteiger charge is -2.35. The van der Waals surface area contributed by atoms with Crippen LogP contribution >= 0.6 is 0 Å². The Morgan fingerprint density at radius 2 is 2.07 bits per heavy atom. The van der Waals surface area contributed by atoms with Crippen molar-refractivity contribution in [3.05, 3.63) is 0 Å². The lowest BCUT2D eigenvalue weighted by atomic mass is 9.71. The van der Waals surface area contributed by atoms with E-state index >= 15 is 0 Å². The number of hydrogen-bond acceptors (Lipinski definition) is 2. The van der Waals surface area contributed by atoms with Crippen LogP contribution in [0.4, 0.5) is 0 Å². The van der Waals surface area contributed by atoms with Gasteiger partial charge in [-0.2, -0.15) is 0 Å². The summed E-state index contributed by atoms with van der Waals surface area (Å²) in [4.78, 5) is 0. The van der Waals surface area contributed by atoms with Crippen LogP contribution in [0, 0.1) is 23.7 Å². The molecule has 2 nitrogen and oxygen atoms in total. The highest BCUT2D eigenvalue weighted by Gasteiger charge is 2.35. The monoisotopic (exact) mass is 197 g/mol. The normalized spacial score (nSPS) is 39.4. The van der Waals surface area contributed by atoms with E-state index in [1.165, 1.54) is 32.4 Å². The maximum absolute atomic E-state index is 9.30. The van der Waals surface area contributed by atoms with Crippen LogP contribution < -0.4 is 5.32 Å².